The number of allylic oxidation sites excluding steroid dienone is 1. The van der Waals surface area contributed by atoms with Gasteiger partial charge in [0.15, 0.2) is 12.0 Å². The van der Waals surface area contributed by atoms with Gasteiger partial charge in [-0.3, -0.25) is 9.79 Å². The van der Waals surface area contributed by atoms with Crippen LogP contribution >= 0.6 is 0 Å². The lowest BCUT2D eigenvalue weighted by Crippen LogP contribution is -2.39. The second kappa shape index (κ2) is 10.6. The molecule has 2 aliphatic rings. The van der Waals surface area contributed by atoms with Crippen molar-refractivity contribution in [3.63, 3.8) is 0 Å². The first kappa shape index (κ1) is 21.5. The number of carbonyl (C=O) groups excluding carboxylic acids is 1. The van der Waals surface area contributed by atoms with Gasteiger partial charge in [0.2, 0.25) is 0 Å². The minimum absolute atomic E-state index is 0.0319. The van der Waals surface area contributed by atoms with Gasteiger partial charge < -0.3 is 19.5 Å². The average Bonchev–Trinajstić information content (AvgIpc) is 2.73. The molecule has 0 bridgehead atoms. The summed E-state index contributed by atoms with van der Waals surface area (Å²) in [6.07, 6.45) is 13.1. The Morgan fingerprint density at radius 2 is 2.14 bits per heavy atom. The molecule has 6 nitrogen and oxygen atoms in total. The zero-order valence-corrected chi connectivity index (χ0v) is 17.4. The third-order valence-corrected chi connectivity index (χ3v) is 5.31. The molecule has 1 N–H and O–H groups in total. The van der Waals surface area contributed by atoms with Gasteiger partial charge in [0.05, 0.1) is 6.10 Å². The predicted molar refractivity (Wildman–Crippen MR) is 113 cm³/mol. The van der Waals surface area contributed by atoms with E-state index in [1.165, 1.54) is 13.3 Å². The van der Waals surface area contributed by atoms with Gasteiger partial charge in [0, 0.05) is 25.9 Å². The molecule has 3 atom stereocenters. The van der Waals surface area contributed by atoms with Crippen LogP contribution in [0, 0.1) is 0 Å². The fraction of sp³-hybridized carbons (Fsp3) is 0.565. The molecule has 2 heterocycles. The molecular weight excluding hydrogens is 368 g/mol. The van der Waals surface area contributed by atoms with Gasteiger partial charge in [-0.1, -0.05) is 18.6 Å². The molecule has 158 valence electrons. The number of carbonyl (C=O) groups is 1. The third kappa shape index (κ3) is 6.41. The molecule has 1 saturated heterocycles. The maximum absolute atomic E-state index is 11.1. The summed E-state index contributed by atoms with van der Waals surface area (Å²) in [7, 11) is 0. The number of hydrogen-bond donors (Lipinski definition) is 1. The summed E-state index contributed by atoms with van der Waals surface area (Å²) < 4.78 is 16.8. The van der Waals surface area contributed by atoms with Crippen molar-refractivity contribution in [2.24, 2.45) is 4.99 Å². The minimum Gasteiger partial charge on any atom is -0.427 e. The molecule has 0 radical (unpaired) electrons. The van der Waals surface area contributed by atoms with E-state index in [9.17, 15) is 4.79 Å². The number of benzene rings is 1. The van der Waals surface area contributed by atoms with Gasteiger partial charge in [0.25, 0.3) is 0 Å². The second-order valence-electron chi connectivity index (χ2n) is 7.75. The molecule has 3 unspecified atom stereocenters. The van der Waals surface area contributed by atoms with Crippen molar-refractivity contribution in [2.45, 2.75) is 76.9 Å². The highest BCUT2D eigenvalue weighted by Crippen LogP contribution is 2.32. The van der Waals surface area contributed by atoms with E-state index in [4.69, 9.17) is 19.2 Å². The second-order valence-corrected chi connectivity index (χ2v) is 7.75. The van der Waals surface area contributed by atoms with Crippen molar-refractivity contribution in [3.8, 4) is 5.75 Å². The monoisotopic (exact) mass is 400 g/mol. The van der Waals surface area contributed by atoms with Crippen molar-refractivity contribution >= 4 is 12.2 Å². The fourth-order valence-electron chi connectivity index (χ4n) is 3.80. The van der Waals surface area contributed by atoms with Crippen LogP contribution in [0.3, 0.4) is 0 Å². The van der Waals surface area contributed by atoms with E-state index >= 15 is 0 Å². The molecular formula is C23H32N2O4. The van der Waals surface area contributed by atoms with E-state index in [1.54, 1.807) is 0 Å². The molecule has 1 aromatic rings. The van der Waals surface area contributed by atoms with Crippen LogP contribution in [0.2, 0.25) is 0 Å². The number of nitrogens with one attached hydrogen (secondary N) is 1. The van der Waals surface area contributed by atoms with E-state index in [0.717, 1.165) is 50.7 Å². The Labute approximate surface area is 173 Å². The van der Waals surface area contributed by atoms with Gasteiger partial charge in [-0.15, -0.1) is 0 Å². The molecule has 0 spiro atoms. The maximum atomic E-state index is 11.1. The number of aliphatic imine (C=N–C) groups is 1. The Hall–Kier alpha value is -2.18. The molecule has 3 rings (SSSR count). The first-order valence-electron chi connectivity index (χ1n) is 10.6. The van der Waals surface area contributed by atoms with Gasteiger partial charge in [0.1, 0.15) is 5.75 Å². The number of hydrogen-bond acceptors (Lipinski definition) is 6. The highest BCUT2D eigenvalue weighted by atomic mass is 16.7. The minimum atomic E-state index is -0.486. The van der Waals surface area contributed by atoms with Crippen molar-refractivity contribution in [2.75, 3.05) is 6.61 Å². The third-order valence-electron chi connectivity index (χ3n) is 5.31. The van der Waals surface area contributed by atoms with E-state index in [2.05, 4.69) is 12.2 Å². The molecule has 29 heavy (non-hydrogen) atoms. The summed E-state index contributed by atoms with van der Waals surface area (Å²) in [4.78, 5) is 15.9. The Kier molecular flexibility index (Phi) is 7.83. The molecule has 1 fully saturated rings. The van der Waals surface area contributed by atoms with Crippen molar-refractivity contribution in [1.82, 2.24) is 5.32 Å². The van der Waals surface area contributed by atoms with Gasteiger partial charge in [-0.05, 0) is 69.2 Å². The summed E-state index contributed by atoms with van der Waals surface area (Å²) in [5, 5.41) is 3.43. The maximum Gasteiger partial charge on any atom is 0.308 e. The summed E-state index contributed by atoms with van der Waals surface area (Å²) in [5.41, 5.74) is 0.564. The predicted octanol–water partition coefficient (Wildman–Crippen LogP) is 4.44. The van der Waals surface area contributed by atoms with Crippen LogP contribution in [0.1, 0.15) is 64.4 Å². The van der Waals surface area contributed by atoms with Crippen LogP contribution in [0.4, 0.5) is 0 Å². The molecule has 1 aromatic carbocycles. The standard InChI is InChI=1S/C23H32N2O4/c1-18(28-22-9-4-6-17-27-22)8-3-5-14-23(24-15-7-16-25-23)20-10-12-21(13-11-20)29-19(2)26/h7,10-13,15-16,18,22,24H,3-6,8-9,14,17H2,1-2H3. The van der Waals surface area contributed by atoms with Crippen LogP contribution in [0.25, 0.3) is 0 Å². The van der Waals surface area contributed by atoms with Crippen LogP contribution in [-0.4, -0.2) is 31.2 Å². The lowest BCUT2D eigenvalue weighted by Gasteiger charge is -2.33. The summed E-state index contributed by atoms with van der Waals surface area (Å²) >= 11 is 0. The first-order valence-corrected chi connectivity index (χ1v) is 10.6. The molecule has 2 aliphatic heterocycles. The Morgan fingerprint density at radius 1 is 1.31 bits per heavy atom. The number of rotatable bonds is 9. The van der Waals surface area contributed by atoms with Gasteiger partial charge >= 0.3 is 5.97 Å². The first-order chi connectivity index (χ1) is 14.1. The quantitative estimate of drug-likeness (QED) is 0.377. The van der Waals surface area contributed by atoms with Crippen LogP contribution in [0.15, 0.2) is 41.5 Å². The SMILES string of the molecule is CC(=O)Oc1ccc(C2(CCCCC(C)OC3CCCCO3)N=CC=CN2)cc1. The largest absolute Gasteiger partial charge is 0.427 e. The zero-order valence-electron chi connectivity index (χ0n) is 17.4. The molecule has 0 saturated carbocycles. The number of unbranched alkanes of at least 4 members (excludes halogenated alkanes) is 1. The van der Waals surface area contributed by atoms with Crippen molar-refractivity contribution in [3.05, 3.63) is 42.1 Å². The summed E-state index contributed by atoms with van der Waals surface area (Å²) in [6, 6.07) is 7.56. The van der Waals surface area contributed by atoms with E-state index in [-0.39, 0.29) is 18.4 Å². The lowest BCUT2D eigenvalue weighted by atomic mass is 9.92. The van der Waals surface area contributed by atoms with E-state index in [1.807, 2.05) is 42.8 Å². The zero-order chi connectivity index (χ0) is 20.5. The normalized spacial score (nSPS) is 24.7. The van der Waals surface area contributed by atoms with Gasteiger partial charge in [-0.2, -0.15) is 0 Å². The summed E-state index contributed by atoms with van der Waals surface area (Å²) in [5.74, 6) is 0.224. The Bertz CT molecular complexity index is 710. The van der Waals surface area contributed by atoms with Crippen LogP contribution in [0.5, 0.6) is 5.75 Å². The lowest BCUT2D eigenvalue weighted by molar-refractivity contribution is -0.185. The highest BCUT2D eigenvalue weighted by Gasteiger charge is 2.30. The molecule has 0 aliphatic carbocycles. The molecule has 0 aromatic heterocycles. The van der Waals surface area contributed by atoms with Crippen LogP contribution in [-0.2, 0) is 19.9 Å². The molecule has 0 amide bonds. The van der Waals surface area contributed by atoms with Crippen molar-refractivity contribution in [1.29, 1.82) is 0 Å². The van der Waals surface area contributed by atoms with E-state index < -0.39 is 5.66 Å². The van der Waals surface area contributed by atoms with Crippen molar-refractivity contribution < 1.29 is 19.0 Å². The number of ether oxygens (including phenoxy) is 3. The molecule has 6 heteroatoms. The van der Waals surface area contributed by atoms with E-state index in [0.29, 0.717) is 5.75 Å². The fourth-order valence-corrected chi connectivity index (χ4v) is 3.80. The summed E-state index contributed by atoms with van der Waals surface area (Å²) in [6.45, 7) is 4.34. The Morgan fingerprint density at radius 3 is 2.79 bits per heavy atom. The average molecular weight is 401 g/mol. The van der Waals surface area contributed by atoms with Crippen LogP contribution < -0.4 is 10.1 Å². The van der Waals surface area contributed by atoms with Gasteiger partial charge in [-0.25, -0.2) is 0 Å². The number of esters is 1. The number of nitrogens with zero attached hydrogens (tertiary/aromatic N) is 1. The topological polar surface area (TPSA) is 69.2 Å². The smallest absolute Gasteiger partial charge is 0.308 e. The Balaban J connectivity index is 1.52. The highest BCUT2D eigenvalue weighted by molar-refractivity contribution is 5.72.